The number of benzene rings is 1. The van der Waals surface area contributed by atoms with Gasteiger partial charge in [0.2, 0.25) is 15.9 Å². The molecular weight excluding hydrogens is 472 g/mol. The van der Waals surface area contributed by atoms with Crippen LogP contribution in [0, 0.1) is 17.2 Å². The first-order chi connectivity index (χ1) is 16.6. The molecular formula is C23H32N6O5S. The molecule has 0 radical (unpaired) electrons. The molecule has 0 aliphatic carbocycles. The number of amides is 1. The minimum absolute atomic E-state index is 0.0178. The zero-order chi connectivity index (χ0) is 25.6. The first-order valence-electron chi connectivity index (χ1n) is 11.5. The Hall–Kier alpha value is -2.85. The van der Waals surface area contributed by atoms with Crippen LogP contribution in [-0.2, 0) is 32.7 Å². The van der Waals surface area contributed by atoms with E-state index in [1.54, 1.807) is 28.8 Å². The van der Waals surface area contributed by atoms with Crippen molar-refractivity contribution in [2.45, 2.75) is 56.9 Å². The van der Waals surface area contributed by atoms with Crippen LogP contribution in [0.1, 0.15) is 37.9 Å². The van der Waals surface area contributed by atoms with E-state index in [1.165, 1.54) is 29.6 Å². The summed E-state index contributed by atoms with van der Waals surface area (Å²) in [5.41, 5.74) is 0.863. The fourth-order valence-electron chi connectivity index (χ4n) is 3.95. The number of nitriles is 1. The lowest BCUT2D eigenvalue weighted by atomic mass is 10.0. The fraction of sp³-hybridized carbons (Fsp3) is 0.565. The molecule has 3 rings (SSSR count). The van der Waals surface area contributed by atoms with Gasteiger partial charge in [0.1, 0.15) is 5.69 Å². The number of aliphatic hydroxyl groups is 1. The molecule has 1 aliphatic rings. The Labute approximate surface area is 205 Å². The first-order valence-corrected chi connectivity index (χ1v) is 13.0. The second kappa shape index (κ2) is 11.7. The van der Waals surface area contributed by atoms with E-state index in [1.807, 2.05) is 13.0 Å². The van der Waals surface area contributed by atoms with Gasteiger partial charge in [0.25, 0.3) is 0 Å². The second-order valence-corrected chi connectivity index (χ2v) is 11.0. The van der Waals surface area contributed by atoms with Gasteiger partial charge in [0.05, 0.1) is 48.1 Å². The molecule has 1 aromatic heterocycles. The monoisotopic (exact) mass is 504 g/mol. The van der Waals surface area contributed by atoms with Crippen LogP contribution in [0.5, 0.6) is 0 Å². The summed E-state index contributed by atoms with van der Waals surface area (Å²) in [6.07, 6.45) is 2.05. The zero-order valence-electron chi connectivity index (χ0n) is 20.2. The third kappa shape index (κ3) is 6.64. The maximum atomic E-state index is 13.2. The number of rotatable bonds is 6. The zero-order valence-corrected chi connectivity index (χ0v) is 21.1. The highest BCUT2D eigenvalue weighted by molar-refractivity contribution is 7.89. The van der Waals surface area contributed by atoms with Gasteiger partial charge in [-0.05, 0) is 31.5 Å². The maximum Gasteiger partial charge on any atom is 0.242 e. The van der Waals surface area contributed by atoms with Crippen molar-refractivity contribution in [3.05, 3.63) is 41.7 Å². The average Bonchev–Trinajstić information content (AvgIpc) is 3.31. The molecule has 0 spiro atoms. The largest absolute Gasteiger partial charge is 0.394 e. The lowest BCUT2D eigenvalue weighted by Gasteiger charge is -2.35. The van der Waals surface area contributed by atoms with Crippen LogP contribution in [0.25, 0.3) is 0 Å². The highest BCUT2D eigenvalue weighted by Gasteiger charge is 2.31. The summed E-state index contributed by atoms with van der Waals surface area (Å²) in [6.45, 7) is 4.47. The molecule has 12 heteroatoms. The molecule has 2 aromatic rings. The Morgan fingerprint density at radius 1 is 1.40 bits per heavy atom. The van der Waals surface area contributed by atoms with E-state index in [0.717, 1.165) is 0 Å². The van der Waals surface area contributed by atoms with Gasteiger partial charge in [-0.1, -0.05) is 18.2 Å². The van der Waals surface area contributed by atoms with Crippen LogP contribution in [0.4, 0.5) is 0 Å². The SMILES string of the molecule is C[C@H](CO)N1C[C@H](C)[C@H](CN(C)S(=O)(=O)c2cccc(C#N)c2)OCc2cn(nn2)CCCC1=O. The van der Waals surface area contributed by atoms with Crippen molar-refractivity contribution in [2.24, 2.45) is 5.92 Å². The molecule has 3 atom stereocenters. The number of carbonyl (C=O) groups is 1. The molecule has 190 valence electrons. The summed E-state index contributed by atoms with van der Waals surface area (Å²) in [5, 5.41) is 27.0. The van der Waals surface area contributed by atoms with Crippen molar-refractivity contribution in [3.63, 3.8) is 0 Å². The van der Waals surface area contributed by atoms with Crippen LogP contribution in [0.2, 0.25) is 0 Å². The lowest BCUT2D eigenvalue weighted by molar-refractivity contribution is -0.136. The number of aryl methyl sites for hydroxylation is 1. The average molecular weight is 505 g/mol. The van der Waals surface area contributed by atoms with Gasteiger partial charge in [0.15, 0.2) is 0 Å². The molecule has 1 aliphatic heterocycles. The van der Waals surface area contributed by atoms with Gasteiger partial charge in [-0.25, -0.2) is 8.42 Å². The molecule has 2 bridgehead atoms. The molecule has 35 heavy (non-hydrogen) atoms. The van der Waals surface area contributed by atoms with E-state index < -0.39 is 16.1 Å². The molecule has 0 saturated heterocycles. The molecule has 0 unspecified atom stereocenters. The Kier molecular flexibility index (Phi) is 8.96. The van der Waals surface area contributed by atoms with Gasteiger partial charge < -0.3 is 14.7 Å². The van der Waals surface area contributed by atoms with Crippen molar-refractivity contribution in [1.82, 2.24) is 24.2 Å². The van der Waals surface area contributed by atoms with Crippen molar-refractivity contribution in [2.75, 3.05) is 26.7 Å². The van der Waals surface area contributed by atoms with Gasteiger partial charge in [-0.2, -0.15) is 9.57 Å². The summed E-state index contributed by atoms with van der Waals surface area (Å²) in [4.78, 5) is 14.6. The molecule has 0 saturated carbocycles. The number of fused-ring (bicyclic) bond motifs is 2. The first kappa shape index (κ1) is 26.7. The molecule has 2 heterocycles. The van der Waals surface area contributed by atoms with Crippen LogP contribution >= 0.6 is 0 Å². The van der Waals surface area contributed by atoms with E-state index in [0.29, 0.717) is 31.6 Å². The quantitative estimate of drug-likeness (QED) is 0.614. The van der Waals surface area contributed by atoms with E-state index in [-0.39, 0.29) is 48.1 Å². The van der Waals surface area contributed by atoms with Crippen LogP contribution < -0.4 is 0 Å². The predicted octanol–water partition coefficient (Wildman–Crippen LogP) is 0.995. The van der Waals surface area contributed by atoms with E-state index in [2.05, 4.69) is 10.3 Å². The third-order valence-corrected chi connectivity index (χ3v) is 7.97. The van der Waals surface area contributed by atoms with Crippen molar-refractivity contribution in [3.8, 4) is 6.07 Å². The number of hydrogen-bond acceptors (Lipinski definition) is 8. The summed E-state index contributed by atoms with van der Waals surface area (Å²) in [7, 11) is -2.43. The Bertz CT molecular complexity index is 1160. The van der Waals surface area contributed by atoms with Gasteiger partial charge in [0, 0.05) is 39.0 Å². The maximum absolute atomic E-state index is 13.2. The summed E-state index contributed by atoms with van der Waals surface area (Å²) in [5.74, 6) is -0.349. The number of ether oxygens (including phenoxy) is 1. The number of hydrogen-bond donors (Lipinski definition) is 1. The highest BCUT2D eigenvalue weighted by atomic mass is 32.2. The van der Waals surface area contributed by atoms with Crippen molar-refractivity contribution < 1.29 is 23.1 Å². The summed E-state index contributed by atoms with van der Waals surface area (Å²) in [6, 6.07) is 7.42. The number of aromatic nitrogens is 3. The van der Waals surface area contributed by atoms with Crippen molar-refractivity contribution >= 4 is 15.9 Å². The smallest absolute Gasteiger partial charge is 0.242 e. The second-order valence-electron chi connectivity index (χ2n) is 8.91. The number of aliphatic hydroxyl groups excluding tert-OH is 1. The van der Waals surface area contributed by atoms with Crippen LogP contribution in [-0.4, -0.2) is 82.5 Å². The number of carbonyl (C=O) groups excluding carboxylic acids is 1. The Morgan fingerprint density at radius 3 is 2.89 bits per heavy atom. The number of likely N-dealkylation sites (N-methyl/N-ethyl adjacent to an activating group) is 1. The molecule has 11 nitrogen and oxygen atoms in total. The molecule has 1 aromatic carbocycles. The van der Waals surface area contributed by atoms with Crippen molar-refractivity contribution in [1.29, 1.82) is 5.26 Å². The standard InChI is InChI=1S/C23H32N6O5S/c1-17-12-29(18(2)15-30)23(31)8-5-9-28-13-20(25-26-28)16-34-22(17)14-27(3)35(32,33)21-7-4-6-19(10-21)11-24/h4,6-7,10,13,17-18,22,30H,5,8-9,12,14-16H2,1-3H3/t17-,18+,22-/m0/s1. The van der Waals surface area contributed by atoms with E-state index >= 15 is 0 Å². The van der Waals surface area contributed by atoms with Crippen LogP contribution in [0.3, 0.4) is 0 Å². The minimum atomic E-state index is -3.89. The molecule has 1 N–H and O–H groups in total. The minimum Gasteiger partial charge on any atom is -0.394 e. The number of sulfonamides is 1. The van der Waals surface area contributed by atoms with Crippen LogP contribution in [0.15, 0.2) is 35.4 Å². The normalized spacial score (nSPS) is 21.0. The fourth-order valence-corrected chi connectivity index (χ4v) is 5.18. The van der Waals surface area contributed by atoms with E-state index in [9.17, 15) is 18.3 Å². The van der Waals surface area contributed by atoms with Gasteiger partial charge in [-0.3, -0.25) is 9.48 Å². The Balaban J connectivity index is 1.87. The number of nitrogens with zero attached hydrogens (tertiary/aromatic N) is 6. The summed E-state index contributed by atoms with van der Waals surface area (Å²) >= 11 is 0. The molecule has 0 fully saturated rings. The van der Waals surface area contributed by atoms with Gasteiger partial charge in [-0.15, -0.1) is 5.10 Å². The van der Waals surface area contributed by atoms with E-state index in [4.69, 9.17) is 10.00 Å². The lowest BCUT2D eigenvalue weighted by Crippen LogP contribution is -2.47. The third-order valence-electron chi connectivity index (χ3n) is 6.15. The Morgan fingerprint density at radius 2 is 2.17 bits per heavy atom. The summed E-state index contributed by atoms with van der Waals surface area (Å²) < 4.78 is 35.4. The highest BCUT2D eigenvalue weighted by Crippen LogP contribution is 2.21. The predicted molar refractivity (Wildman–Crippen MR) is 126 cm³/mol. The topological polar surface area (TPSA) is 142 Å². The molecule has 1 amide bonds. The van der Waals surface area contributed by atoms with Gasteiger partial charge >= 0.3 is 0 Å².